The van der Waals surface area contributed by atoms with Crippen LogP contribution in [0.25, 0.3) is 0 Å². The van der Waals surface area contributed by atoms with Crippen molar-refractivity contribution in [1.82, 2.24) is 5.32 Å². The normalized spacial score (nSPS) is 10.8. The molecule has 0 rings (SSSR count). The Balaban J connectivity index is 3.73. The van der Waals surface area contributed by atoms with Crippen molar-refractivity contribution in [3.63, 3.8) is 0 Å². The van der Waals surface area contributed by atoms with Crippen LogP contribution in [-0.2, 0) is 9.59 Å². The minimum atomic E-state index is -3.02. The molecule has 0 spiro atoms. The Morgan fingerprint density at radius 3 is 2.09 bits per heavy atom. The molecular formula is C4H8N2O5. The summed E-state index contributed by atoms with van der Waals surface area (Å²) in [6.45, 7) is -0.880. The molecule has 0 radical (unpaired) electrons. The smallest absolute Gasteiger partial charge is 0.309 e. The summed E-state index contributed by atoms with van der Waals surface area (Å²) in [6.07, 6.45) is 0. The van der Waals surface area contributed by atoms with Crippen LogP contribution < -0.4 is 11.1 Å². The fourth-order valence-corrected chi connectivity index (χ4v) is 0.286. The molecule has 64 valence electrons. The molecule has 0 saturated carbocycles. The zero-order valence-electron chi connectivity index (χ0n) is 5.44. The molecule has 0 bridgehead atoms. The highest BCUT2D eigenvalue weighted by Crippen LogP contribution is 1.86. The summed E-state index contributed by atoms with van der Waals surface area (Å²) in [6, 6.07) is 0. The summed E-state index contributed by atoms with van der Waals surface area (Å²) in [4.78, 5) is 20.3. The quantitative estimate of drug-likeness (QED) is 0.211. The van der Waals surface area contributed by atoms with Gasteiger partial charge in [-0.2, -0.15) is 0 Å². The fraction of sp³-hybridized carbons (Fsp3) is 0.500. The number of carbonyl (C=O) groups is 2. The van der Waals surface area contributed by atoms with E-state index in [-0.39, 0.29) is 0 Å². The summed E-state index contributed by atoms with van der Waals surface area (Å²) < 4.78 is 0. The summed E-state index contributed by atoms with van der Waals surface area (Å²) >= 11 is 0. The third-order valence-electron chi connectivity index (χ3n) is 0.710. The average molecular weight is 164 g/mol. The number of aliphatic hydroxyl groups is 3. The summed E-state index contributed by atoms with van der Waals surface area (Å²) in [5.41, 5.74) is 4.47. The van der Waals surface area contributed by atoms with Crippen LogP contribution >= 0.6 is 0 Å². The zero-order chi connectivity index (χ0) is 9.07. The van der Waals surface area contributed by atoms with Gasteiger partial charge in [-0.1, -0.05) is 0 Å². The molecule has 0 heterocycles. The van der Waals surface area contributed by atoms with E-state index in [1.807, 2.05) is 0 Å². The minimum Gasteiger partial charge on any atom is -0.361 e. The Morgan fingerprint density at radius 1 is 1.36 bits per heavy atom. The van der Waals surface area contributed by atoms with Gasteiger partial charge in [-0.3, -0.25) is 9.59 Å². The average Bonchev–Trinajstić information content (AvgIpc) is 1.80. The Bertz CT molecular complexity index is 172. The number of amides is 2. The van der Waals surface area contributed by atoms with E-state index in [2.05, 4.69) is 5.73 Å². The Labute approximate surface area is 61.4 Å². The number of rotatable bonds is 2. The van der Waals surface area contributed by atoms with E-state index in [0.717, 1.165) is 0 Å². The molecule has 0 aromatic rings. The van der Waals surface area contributed by atoms with Crippen LogP contribution in [0.5, 0.6) is 0 Å². The van der Waals surface area contributed by atoms with Crippen LogP contribution in [0, 0.1) is 0 Å². The summed E-state index contributed by atoms with van der Waals surface area (Å²) in [5, 5.41) is 26.2. The van der Waals surface area contributed by atoms with E-state index in [4.69, 9.17) is 15.3 Å². The number of carbonyl (C=O) groups excluding carboxylic acids is 2. The van der Waals surface area contributed by atoms with Crippen LogP contribution in [0.4, 0.5) is 0 Å². The van der Waals surface area contributed by atoms with Crippen molar-refractivity contribution in [2.24, 2.45) is 5.73 Å². The predicted octanol–water partition coefficient (Wildman–Crippen LogP) is -3.78. The number of nitrogens with two attached hydrogens (primary N) is 1. The number of hydrogen-bond acceptors (Lipinski definition) is 5. The third-order valence-corrected chi connectivity index (χ3v) is 0.710. The molecule has 0 aliphatic heterocycles. The second-order valence-electron chi connectivity index (χ2n) is 1.82. The molecule has 2 amide bonds. The van der Waals surface area contributed by atoms with Crippen LogP contribution in [-0.4, -0.2) is 39.7 Å². The topological polar surface area (TPSA) is 133 Å². The van der Waals surface area contributed by atoms with Gasteiger partial charge in [0.25, 0.3) is 5.97 Å². The highest BCUT2D eigenvalue weighted by molar-refractivity contribution is 6.34. The van der Waals surface area contributed by atoms with Gasteiger partial charge in [0, 0.05) is 0 Å². The predicted molar refractivity (Wildman–Crippen MR) is 31.6 cm³/mol. The van der Waals surface area contributed by atoms with Crippen molar-refractivity contribution in [3.8, 4) is 0 Å². The largest absolute Gasteiger partial charge is 0.361 e. The van der Waals surface area contributed by atoms with Gasteiger partial charge >= 0.3 is 11.8 Å². The first-order valence-corrected chi connectivity index (χ1v) is 2.57. The second kappa shape index (κ2) is 3.28. The molecule has 0 saturated heterocycles. The van der Waals surface area contributed by atoms with Gasteiger partial charge in [0.15, 0.2) is 0 Å². The number of hydrogen-bond donors (Lipinski definition) is 5. The zero-order valence-corrected chi connectivity index (χ0v) is 5.44. The van der Waals surface area contributed by atoms with Crippen molar-refractivity contribution in [3.05, 3.63) is 0 Å². The van der Waals surface area contributed by atoms with Gasteiger partial charge in [0.2, 0.25) is 0 Å². The van der Waals surface area contributed by atoms with Crippen molar-refractivity contribution in [1.29, 1.82) is 0 Å². The van der Waals surface area contributed by atoms with E-state index in [1.165, 1.54) is 0 Å². The molecule has 7 nitrogen and oxygen atoms in total. The molecule has 0 aromatic carbocycles. The van der Waals surface area contributed by atoms with Gasteiger partial charge in [0.1, 0.15) is 0 Å². The molecule has 7 heteroatoms. The van der Waals surface area contributed by atoms with E-state index in [1.54, 1.807) is 5.32 Å². The SMILES string of the molecule is NC(=O)C(=O)NCC(O)(O)O. The highest BCUT2D eigenvalue weighted by atomic mass is 16.7. The Kier molecular flexibility index (Phi) is 2.93. The molecular weight excluding hydrogens is 156 g/mol. The minimum absolute atomic E-state index is 0.880. The van der Waals surface area contributed by atoms with E-state index in [0.29, 0.717) is 0 Å². The standard InChI is InChI=1S/C4H8N2O5/c5-2(7)3(8)6-1-4(9,10)11/h9-11H,1H2,(H2,5,7)(H,6,8). The molecule has 0 aliphatic rings. The molecule has 0 aromatic heterocycles. The van der Waals surface area contributed by atoms with E-state index >= 15 is 0 Å². The third kappa shape index (κ3) is 5.27. The maximum absolute atomic E-state index is 10.3. The second-order valence-corrected chi connectivity index (χ2v) is 1.82. The molecule has 0 unspecified atom stereocenters. The number of primary amides is 1. The maximum atomic E-state index is 10.3. The molecule has 0 fully saturated rings. The van der Waals surface area contributed by atoms with Crippen LogP contribution in [0.15, 0.2) is 0 Å². The number of nitrogens with one attached hydrogen (secondary N) is 1. The van der Waals surface area contributed by atoms with Gasteiger partial charge in [-0.25, -0.2) is 0 Å². The lowest BCUT2D eigenvalue weighted by Crippen LogP contribution is -2.46. The highest BCUT2D eigenvalue weighted by Gasteiger charge is 2.20. The van der Waals surface area contributed by atoms with Crippen LogP contribution in [0.1, 0.15) is 0 Å². The lowest BCUT2D eigenvalue weighted by Gasteiger charge is -2.13. The molecule has 0 aliphatic carbocycles. The maximum Gasteiger partial charge on any atom is 0.309 e. The van der Waals surface area contributed by atoms with Gasteiger partial charge < -0.3 is 26.4 Å². The summed E-state index contributed by atoms with van der Waals surface area (Å²) in [7, 11) is 0. The van der Waals surface area contributed by atoms with Gasteiger partial charge in [0.05, 0.1) is 6.54 Å². The van der Waals surface area contributed by atoms with Crippen molar-refractivity contribution in [2.45, 2.75) is 5.97 Å². The Morgan fingerprint density at radius 2 is 1.82 bits per heavy atom. The van der Waals surface area contributed by atoms with Gasteiger partial charge in [-0.15, -0.1) is 0 Å². The van der Waals surface area contributed by atoms with E-state index < -0.39 is 24.3 Å². The summed E-state index contributed by atoms with van der Waals surface area (Å²) in [5.74, 6) is -5.49. The first kappa shape index (κ1) is 9.82. The van der Waals surface area contributed by atoms with Crippen molar-refractivity contribution < 1.29 is 24.9 Å². The molecule has 6 N–H and O–H groups in total. The first-order chi connectivity index (χ1) is 4.83. The molecule has 11 heavy (non-hydrogen) atoms. The lowest BCUT2D eigenvalue weighted by atomic mass is 10.5. The molecule has 0 atom stereocenters. The van der Waals surface area contributed by atoms with Crippen molar-refractivity contribution >= 4 is 11.8 Å². The first-order valence-electron chi connectivity index (χ1n) is 2.57. The van der Waals surface area contributed by atoms with E-state index in [9.17, 15) is 9.59 Å². The monoisotopic (exact) mass is 164 g/mol. The van der Waals surface area contributed by atoms with Gasteiger partial charge in [-0.05, 0) is 0 Å². The van der Waals surface area contributed by atoms with Crippen LogP contribution in [0.2, 0.25) is 0 Å². The fourth-order valence-electron chi connectivity index (χ4n) is 0.286. The van der Waals surface area contributed by atoms with Crippen LogP contribution in [0.3, 0.4) is 0 Å². The Hall–Kier alpha value is -1.18. The van der Waals surface area contributed by atoms with Crippen molar-refractivity contribution in [2.75, 3.05) is 6.54 Å². The lowest BCUT2D eigenvalue weighted by molar-refractivity contribution is -0.305.